The molecule has 0 aromatic heterocycles. The molecule has 0 rings (SSSR count). The van der Waals surface area contributed by atoms with Crippen LogP contribution in [0.25, 0.3) is 0 Å². The van der Waals surface area contributed by atoms with E-state index in [2.05, 4.69) is 21.3 Å². The van der Waals surface area contributed by atoms with Crippen molar-refractivity contribution in [1.82, 2.24) is 21.3 Å². The average molecular weight is 468 g/mol. The molecule has 3 atom stereocenters. The van der Waals surface area contributed by atoms with Gasteiger partial charge in [0.15, 0.2) is 0 Å². The van der Waals surface area contributed by atoms with Crippen LogP contribution in [0.5, 0.6) is 0 Å². The fraction of sp³-hybridized carbons (Fsp3) is 0.765. The van der Waals surface area contributed by atoms with Crippen LogP contribution in [0.15, 0.2) is 0 Å². The van der Waals surface area contributed by atoms with E-state index in [0.717, 1.165) is 0 Å². The number of carbonyl (C=O) groups excluding carboxylic acids is 4. The molecule has 7 N–H and O–H groups in total. The summed E-state index contributed by atoms with van der Waals surface area (Å²) in [5.74, 6) is -0.853. The third-order valence-electron chi connectivity index (χ3n) is 3.59. The number of alkyl carbamates (subject to hydrolysis) is 2. The van der Waals surface area contributed by atoms with E-state index in [4.69, 9.17) is 19.9 Å². The molecule has 0 aliphatic heterocycles. The number of carbonyl (C=O) groups is 4. The van der Waals surface area contributed by atoms with E-state index in [1.807, 2.05) is 6.92 Å². The summed E-state index contributed by atoms with van der Waals surface area (Å²) in [6, 6.07) is -2.13. The smallest absolute Gasteiger partial charge is 0.407 e. The second-order valence-electron chi connectivity index (χ2n) is 6.00. The highest BCUT2D eigenvalue weighted by Crippen LogP contribution is 2.09. The zero-order chi connectivity index (χ0) is 23.6. The predicted octanol–water partition coefficient (Wildman–Crippen LogP) is -2.24. The Morgan fingerprint density at radius 2 is 1.74 bits per heavy atom. The highest BCUT2D eigenvalue weighted by atomic mass is 32.2. The van der Waals surface area contributed by atoms with Crippen molar-refractivity contribution in [1.29, 1.82) is 0 Å². The van der Waals surface area contributed by atoms with Crippen molar-refractivity contribution < 1.29 is 38.5 Å². The zero-order valence-electron chi connectivity index (χ0n) is 18.0. The number of ether oxygens (including phenoxy) is 3. The van der Waals surface area contributed by atoms with Gasteiger partial charge in [0, 0.05) is 38.8 Å². The summed E-state index contributed by atoms with van der Waals surface area (Å²) < 4.78 is 15.1. The van der Waals surface area contributed by atoms with E-state index in [1.54, 1.807) is 0 Å². The first kappa shape index (κ1) is 28.7. The van der Waals surface area contributed by atoms with Crippen LogP contribution < -0.4 is 27.0 Å². The second-order valence-corrected chi connectivity index (χ2v) is 7.08. The van der Waals surface area contributed by atoms with Gasteiger partial charge in [0.2, 0.25) is 11.8 Å². The standard InChI is InChI=1S/C17H33N5O8S/c1-4-28-6-5-21-15(25)13(7-23)22-14(24)12(18)10-31-9-11(30-17(27)20-3)8-29-16(26)19-2/h11-13,23H,4-10,18H2,1-3H3,(H,19,26)(H,20,27)(H,21,25)(H,22,24)/t11-,12+,13+/m1/s1. The summed E-state index contributed by atoms with van der Waals surface area (Å²) >= 11 is 1.19. The van der Waals surface area contributed by atoms with Crippen LogP contribution in [-0.4, -0.2) is 106 Å². The monoisotopic (exact) mass is 467 g/mol. The third kappa shape index (κ3) is 13.6. The number of aliphatic hydroxyl groups excluding tert-OH is 1. The van der Waals surface area contributed by atoms with E-state index < -0.39 is 48.8 Å². The summed E-state index contributed by atoms with van der Waals surface area (Å²) in [4.78, 5) is 46.8. The molecule has 14 heteroatoms. The molecule has 0 aromatic rings. The highest BCUT2D eigenvalue weighted by Gasteiger charge is 2.24. The average Bonchev–Trinajstić information content (AvgIpc) is 2.77. The number of aliphatic hydroxyl groups is 1. The largest absolute Gasteiger partial charge is 0.446 e. The summed E-state index contributed by atoms with van der Waals surface area (Å²) in [5, 5.41) is 18.8. The lowest BCUT2D eigenvalue weighted by molar-refractivity contribution is -0.130. The van der Waals surface area contributed by atoms with Gasteiger partial charge in [-0.25, -0.2) is 9.59 Å². The molecule has 13 nitrogen and oxygen atoms in total. The predicted molar refractivity (Wildman–Crippen MR) is 114 cm³/mol. The topological polar surface area (TPSA) is 190 Å². The second kappa shape index (κ2) is 17.4. The molecule has 0 fully saturated rings. The Kier molecular flexibility index (Phi) is 16.1. The minimum Gasteiger partial charge on any atom is -0.446 e. The molecule has 180 valence electrons. The summed E-state index contributed by atoms with van der Waals surface area (Å²) in [6.07, 6.45) is -2.14. The van der Waals surface area contributed by atoms with Gasteiger partial charge >= 0.3 is 12.2 Å². The van der Waals surface area contributed by atoms with E-state index in [1.165, 1.54) is 25.9 Å². The molecule has 0 spiro atoms. The maximum absolute atomic E-state index is 12.2. The van der Waals surface area contributed by atoms with Crippen LogP contribution in [0.3, 0.4) is 0 Å². The van der Waals surface area contributed by atoms with E-state index in [0.29, 0.717) is 13.2 Å². The molecule has 0 heterocycles. The van der Waals surface area contributed by atoms with E-state index in [-0.39, 0.29) is 24.7 Å². The van der Waals surface area contributed by atoms with Crippen LogP contribution in [0, 0.1) is 0 Å². The lowest BCUT2D eigenvalue weighted by Gasteiger charge is -2.20. The van der Waals surface area contributed by atoms with Crippen molar-refractivity contribution in [2.45, 2.75) is 25.1 Å². The molecule has 0 aliphatic rings. The number of nitrogens with one attached hydrogen (secondary N) is 4. The first-order valence-corrected chi connectivity index (χ1v) is 10.8. The van der Waals surface area contributed by atoms with Crippen LogP contribution in [0.4, 0.5) is 9.59 Å². The van der Waals surface area contributed by atoms with Crippen LogP contribution in [0.1, 0.15) is 6.92 Å². The van der Waals surface area contributed by atoms with E-state index >= 15 is 0 Å². The maximum atomic E-state index is 12.2. The molecule has 31 heavy (non-hydrogen) atoms. The Morgan fingerprint density at radius 1 is 1.06 bits per heavy atom. The van der Waals surface area contributed by atoms with Crippen molar-refractivity contribution >= 4 is 35.8 Å². The van der Waals surface area contributed by atoms with Crippen molar-refractivity contribution in [3.05, 3.63) is 0 Å². The van der Waals surface area contributed by atoms with Gasteiger partial charge in [-0.15, -0.1) is 0 Å². The minimum atomic E-state index is -1.14. The number of amides is 4. The van der Waals surface area contributed by atoms with Gasteiger partial charge in [-0.1, -0.05) is 0 Å². The SMILES string of the molecule is CCOCCNC(=O)[C@H](CO)NC(=O)[C@@H](N)CSC[C@@H](COC(=O)NC)OC(=O)NC. The maximum Gasteiger partial charge on any atom is 0.407 e. The molecule has 0 radical (unpaired) electrons. The van der Waals surface area contributed by atoms with Gasteiger partial charge < -0.3 is 46.3 Å². The Balaban J connectivity index is 4.49. The summed E-state index contributed by atoms with van der Waals surface area (Å²) in [5.41, 5.74) is 5.84. The minimum absolute atomic E-state index is 0.128. The first-order chi connectivity index (χ1) is 14.8. The lowest BCUT2D eigenvalue weighted by atomic mass is 10.2. The van der Waals surface area contributed by atoms with Crippen LogP contribution >= 0.6 is 11.8 Å². The zero-order valence-corrected chi connectivity index (χ0v) is 18.8. The molecule has 0 aliphatic carbocycles. The molecular weight excluding hydrogens is 434 g/mol. The molecule has 0 bridgehead atoms. The number of hydrogen-bond donors (Lipinski definition) is 6. The Bertz CT molecular complexity index is 569. The van der Waals surface area contributed by atoms with Gasteiger partial charge in [0.05, 0.1) is 19.3 Å². The van der Waals surface area contributed by atoms with Gasteiger partial charge in [0.25, 0.3) is 0 Å². The molecule has 0 aromatic carbocycles. The molecule has 0 saturated heterocycles. The van der Waals surface area contributed by atoms with Crippen molar-refractivity contribution in [3.8, 4) is 0 Å². The molecule has 0 unspecified atom stereocenters. The molecule has 4 amide bonds. The quantitative estimate of drug-likeness (QED) is 0.144. The van der Waals surface area contributed by atoms with Gasteiger partial charge in [0.1, 0.15) is 18.8 Å². The lowest BCUT2D eigenvalue weighted by Crippen LogP contribution is -2.54. The number of hydrogen-bond acceptors (Lipinski definition) is 10. The number of rotatable bonds is 15. The van der Waals surface area contributed by atoms with Gasteiger partial charge in [-0.2, -0.15) is 11.8 Å². The van der Waals surface area contributed by atoms with Crippen molar-refractivity contribution in [2.24, 2.45) is 5.73 Å². The fourth-order valence-corrected chi connectivity index (χ4v) is 2.92. The number of nitrogens with two attached hydrogens (primary N) is 1. The van der Waals surface area contributed by atoms with Gasteiger partial charge in [-0.05, 0) is 6.92 Å². The van der Waals surface area contributed by atoms with Crippen LogP contribution in [-0.2, 0) is 23.8 Å². The van der Waals surface area contributed by atoms with Crippen LogP contribution in [0.2, 0.25) is 0 Å². The van der Waals surface area contributed by atoms with E-state index in [9.17, 15) is 24.3 Å². The first-order valence-electron chi connectivity index (χ1n) is 9.61. The highest BCUT2D eigenvalue weighted by molar-refractivity contribution is 7.99. The Hall–Kier alpha value is -2.29. The Labute approximate surface area is 185 Å². The van der Waals surface area contributed by atoms with Gasteiger partial charge in [-0.3, -0.25) is 9.59 Å². The molecular formula is C17H33N5O8S. The third-order valence-corrected chi connectivity index (χ3v) is 4.79. The Morgan fingerprint density at radius 3 is 2.32 bits per heavy atom. The number of thioether (sulfide) groups is 1. The summed E-state index contributed by atoms with van der Waals surface area (Å²) in [7, 11) is 2.78. The van der Waals surface area contributed by atoms with Crippen molar-refractivity contribution in [2.75, 3.05) is 58.6 Å². The van der Waals surface area contributed by atoms with Crippen molar-refractivity contribution in [3.63, 3.8) is 0 Å². The summed E-state index contributed by atoms with van der Waals surface area (Å²) in [6.45, 7) is 2.11. The normalized spacial score (nSPS) is 13.3. The fourth-order valence-electron chi connectivity index (χ4n) is 1.96. The molecule has 0 saturated carbocycles.